The molecule has 1 heterocycles. The van der Waals surface area contributed by atoms with Crippen molar-refractivity contribution >= 4 is 5.70 Å². The average molecular weight is 402 g/mol. The molecular weight excluding hydrogens is 376 g/mol. The second-order valence-corrected chi connectivity index (χ2v) is 7.33. The van der Waals surface area contributed by atoms with Crippen molar-refractivity contribution in [3.05, 3.63) is 95.1 Å². The lowest BCUT2D eigenvalue weighted by molar-refractivity contribution is 0.372. The van der Waals surface area contributed by atoms with E-state index >= 15 is 0 Å². The fourth-order valence-corrected chi connectivity index (χ4v) is 3.71. The summed E-state index contributed by atoms with van der Waals surface area (Å²) in [6, 6.07) is 21.3. The van der Waals surface area contributed by atoms with E-state index in [0.29, 0.717) is 0 Å². The Morgan fingerprint density at radius 2 is 1.63 bits per heavy atom. The van der Waals surface area contributed by atoms with E-state index < -0.39 is 0 Å². The summed E-state index contributed by atoms with van der Waals surface area (Å²) in [7, 11) is 3.31. The van der Waals surface area contributed by atoms with Crippen LogP contribution in [-0.4, -0.2) is 19.3 Å². The Bertz CT molecular complexity index is 1060. The third kappa shape index (κ3) is 3.98. The molecule has 1 aliphatic heterocycles. The van der Waals surface area contributed by atoms with Crippen LogP contribution >= 0.6 is 0 Å². The molecule has 0 bridgehead atoms. The first-order valence-corrected chi connectivity index (χ1v) is 9.90. The minimum absolute atomic E-state index is 0.190. The number of ether oxygens (including phenoxy) is 2. The van der Waals surface area contributed by atoms with Crippen LogP contribution in [0.1, 0.15) is 34.5 Å². The highest BCUT2D eigenvalue weighted by atomic mass is 16.5. The van der Waals surface area contributed by atoms with Gasteiger partial charge >= 0.3 is 0 Å². The number of phenolic OH excluding ortho intramolecular Hbond substituents is 1. The van der Waals surface area contributed by atoms with E-state index in [4.69, 9.17) is 9.47 Å². The highest BCUT2D eigenvalue weighted by molar-refractivity contribution is 5.67. The smallest absolute Gasteiger partial charge is 0.125 e. The van der Waals surface area contributed by atoms with Gasteiger partial charge in [-0.3, -0.25) is 5.32 Å². The predicted molar refractivity (Wildman–Crippen MR) is 119 cm³/mol. The molecule has 3 aromatic carbocycles. The number of para-hydroxylation sites is 1. The van der Waals surface area contributed by atoms with Gasteiger partial charge in [-0.25, -0.2) is 0 Å². The zero-order valence-corrected chi connectivity index (χ0v) is 17.3. The van der Waals surface area contributed by atoms with E-state index in [1.807, 2.05) is 36.4 Å². The number of benzene rings is 3. The Kier molecular flexibility index (Phi) is 5.63. The number of methoxy groups -OCH3 is 2. The molecule has 3 aromatic rings. The van der Waals surface area contributed by atoms with Crippen molar-refractivity contribution < 1.29 is 14.6 Å². The number of phenols is 1. The van der Waals surface area contributed by atoms with Gasteiger partial charge in [-0.2, -0.15) is 0 Å². The van der Waals surface area contributed by atoms with Crippen molar-refractivity contribution in [2.45, 2.75) is 19.1 Å². The van der Waals surface area contributed by atoms with Crippen LogP contribution in [0.3, 0.4) is 0 Å². The Morgan fingerprint density at radius 1 is 0.867 bits per heavy atom. The first-order valence-electron chi connectivity index (χ1n) is 9.90. The normalized spacial score (nSPS) is 18.3. The summed E-state index contributed by atoms with van der Waals surface area (Å²) < 4.78 is 11.0. The Labute approximate surface area is 177 Å². The van der Waals surface area contributed by atoms with Crippen LogP contribution in [0, 0.1) is 6.92 Å². The average Bonchev–Trinajstić information content (AvgIpc) is 2.79. The van der Waals surface area contributed by atoms with Gasteiger partial charge in [0.1, 0.15) is 23.4 Å². The molecule has 5 nitrogen and oxygen atoms in total. The van der Waals surface area contributed by atoms with Crippen LogP contribution < -0.4 is 20.1 Å². The van der Waals surface area contributed by atoms with Crippen LogP contribution in [0.4, 0.5) is 0 Å². The summed E-state index contributed by atoms with van der Waals surface area (Å²) in [4.78, 5) is 0. The monoisotopic (exact) mass is 402 g/mol. The lowest BCUT2D eigenvalue weighted by Gasteiger charge is -2.34. The molecule has 0 radical (unpaired) electrons. The Morgan fingerprint density at radius 3 is 2.33 bits per heavy atom. The summed E-state index contributed by atoms with van der Waals surface area (Å²) in [5.41, 5.74) is 5.01. The van der Waals surface area contributed by atoms with E-state index in [2.05, 4.69) is 47.9 Å². The van der Waals surface area contributed by atoms with Gasteiger partial charge in [-0.1, -0.05) is 48.0 Å². The van der Waals surface area contributed by atoms with Crippen molar-refractivity contribution in [3.8, 4) is 17.2 Å². The summed E-state index contributed by atoms with van der Waals surface area (Å²) in [6.07, 6.45) is 1.85. The molecule has 154 valence electrons. The predicted octanol–water partition coefficient (Wildman–Crippen LogP) is 4.69. The maximum Gasteiger partial charge on any atom is 0.125 e. The van der Waals surface area contributed by atoms with Gasteiger partial charge < -0.3 is 19.9 Å². The topological polar surface area (TPSA) is 62.8 Å². The van der Waals surface area contributed by atoms with Gasteiger partial charge in [0.05, 0.1) is 20.3 Å². The molecule has 0 saturated heterocycles. The Balaban J connectivity index is 1.79. The van der Waals surface area contributed by atoms with Gasteiger partial charge in [-0.15, -0.1) is 0 Å². The van der Waals surface area contributed by atoms with Crippen LogP contribution in [0.15, 0.2) is 72.8 Å². The van der Waals surface area contributed by atoms with Crippen molar-refractivity contribution in [2.75, 3.05) is 14.2 Å². The molecule has 4 rings (SSSR count). The van der Waals surface area contributed by atoms with Crippen LogP contribution in [-0.2, 0) is 0 Å². The summed E-state index contributed by atoms with van der Waals surface area (Å²) in [6.45, 7) is 2.07. The molecule has 3 N–H and O–H groups in total. The van der Waals surface area contributed by atoms with Gasteiger partial charge in [0.15, 0.2) is 0 Å². The van der Waals surface area contributed by atoms with E-state index in [0.717, 1.165) is 33.9 Å². The molecule has 0 aliphatic carbocycles. The Hall–Kier alpha value is -3.44. The summed E-state index contributed by atoms with van der Waals surface area (Å²) in [5, 5.41) is 17.6. The zero-order chi connectivity index (χ0) is 21.1. The maximum absolute atomic E-state index is 10.5. The fourth-order valence-electron chi connectivity index (χ4n) is 3.71. The van der Waals surface area contributed by atoms with Gasteiger partial charge in [0.25, 0.3) is 0 Å². The molecule has 2 unspecified atom stereocenters. The van der Waals surface area contributed by atoms with E-state index in [-0.39, 0.29) is 18.0 Å². The van der Waals surface area contributed by atoms with E-state index in [1.165, 1.54) is 5.56 Å². The first-order chi connectivity index (χ1) is 14.6. The fraction of sp³-hybridized carbons (Fsp3) is 0.200. The van der Waals surface area contributed by atoms with Crippen LogP contribution in [0.2, 0.25) is 0 Å². The number of aromatic hydroxyl groups is 1. The molecule has 0 aromatic heterocycles. The number of aryl methyl sites for hydroxylation is 1. The minimum Gasteiger partial charge on any atom is -0.508 e. The SMILES string of the molecule is COc1ccc(OC)c(C2NC(c3ccc(C)cc3)=CC(c3ccccc3O)N2)c1. The number of nitrogens with one attached hydrogen (secondary N) is 2. The highest BCUT2D eigenvalue weighted by Crippen LogP contribution is 2.36. The molecule has 2 atom stereocenters. The van der Waals surface area contributed by atoms with E-state index in [1.54, 1.807) is 20.3 Å². The van der Waals surface area contributed by atoms with Gasteiger partial charge in [0, 0.05) is 16.8 Å². The quantitative estimate of drug-likeness (QED) is 0.578. The molecular formula is C25H26N2O3. The van der Waals surface area contributed by atoms with Crippen molar-refractivity contribution in [3.63, 3.8) is 0 Å². The first kappa shape index (κ1) is 19.9. The van der Waals surface area contributed by atoms with Gasteiger partial charge in [0.2, 0.25) is 0 Å². The standard InChI is InChI=1S/C25H26N2O3/c1-16-8-10-17(11-9-16)21-15-22(19-6-4-5-7-23(19)28)27-25(26-21)20-14-18(29-2)12-13-24(20)30-3/h4-15,22,25-28H,1-3H3. The molecule has 5 heteroatoms. The largest absolute Gasteiger partial charge is 0.508 e. The second kappa shape index (κ2) is 8.51. The molecule has 30 heavy (non-hydrogen) atoms. The zero-order valence-electron chi connectivity index (χ0n) is 17.3. The lowest BCUT2D eigenvalue weighted by atomic mass is 9.97. The summed E-state index contributed by atoms with van der Waals surface area (Å²) in [5.74, 6) is 1.76. The maximum atomic E-state index is 10.5. The van der Waals surface area contributed by atoms with Crippen molar-refractivity contribution in [1.82, 2.24) is 10.6 Å². The molecule has 1 aliphatic rings. The van der Waals surface area contributed by atoms with E-state index in [9.17, 15) is 5.11 Å². The third-order valence-electron chi connectivity index (χ3n) is 5.36. The molecule has 0 spiro atoms. The van der Waals surface area contributed by atoms with Crippen molar-refractivity contribution in [1.29, 1.82) is 0 Å². The molecule has 0 fully saturated rings. The minimum atomic E-state index is -0.249. The number of hydrogen-bond acceptors (Lipinski definition) is 5. The molecule has 0 saturated carbocycles. The van der Waals surface area contributed by atoms with Crippen LogP contribution in [0.5, 0.6) is 17.2 Å². The van der Waals surface area contributed by atoms with Gasteiger partial charge in [-0.05, 0) is 42.8 Å². The number of hydrogen-bond donors (Lipinski definition) is 3. The number of rotatable bonds is 5. The second-order valence-electron chi connectivity index (χ2n) is 7.33. The van der Waals surface area contributed by atoms with Crippen molar-refractivity contribution in [2.24, 2.45) is 0 Å². The third-order valence-corrected chi connectivity index (χ3v) is 5.36. The van der Waals surface area contributed by atoms with Crippen LogP contribution in [0.25, 0.3) is 5.70 Å². The highest BCUT2D eigenvalue weighted by Gasteiger charge is 2.27. The summed E-state index contributed by atoms with van der Waals surface area (Å²) >= 11 is 0. The lowest BCUT2D eigenvalue weighted by Crippen LogP contribution is -2.39. The molecule has 0 amide bonds.